The summed E-state index contributed by atoms with van der Waals surface area (Å²) >= 11 is 0. The number of carbonyl (C=O) groups excluding carboxylic acids is 1. The van der Waals surface area contributed by atoms with Crippen LogP contribution in [0.5, 0.6) is 0 Å². The third-order valence-electron chi connectivity index (χ3n) is 4.20. The van der Waals surface area contributed by atoms with Gasteiger partial charge in [-0.05, 0) is 37.8 Å². The van der Waals surface area contributed by atoms with Crippen LogP contribution in [-0.2, 0) is 0 Å². The fourth-order valence-electron chi connectivity index (χ4n) is 3.06. The predicted octanol–water partition coefficient (Wildman–Crippen LogP) is 3.91. The molecule has 1 heterocycles. The monoisotopic (exact) mass is 292 g/mol. The Kier molecular flexibility index (Phi) is 5.59. The van der Waals surface area contributed by atoms with Crippen molar-refractivity contribution in [1.82, 2.24) is 4.90 Å². The minimum absolute atomic E-state index is 0.0552. The molecule has 0 radical (unpaired) electrons. The largest absolute Gasteiger partial charge is 0.382 e. The molecule has 1 amide bonds. The number of benzene rings is 1. The highest BCUT2D eigenvalue weighted by Crippen LogP contribution is 2.26. The number of anilines is 1. The molecule has 21 heavy (non-hydrogen) atoms. The van der Waals surface area contributed by atoms with Crippen molar-refractivity contribution in [3.63, 3.8) is 0 Å². The molecule has 1 N–H and O–H groups in total. The van der Waals surface area contributed by atoms with E-state index in [0.717, 1.165) is 31.8 Å². The van der Waals surface area contributed by atoms with Gasteiger partial charge in [-0.25, -0.2) is 4.39 Å². The Hall–Kier alpha value is -1.58. The molecule has 1 aromatic rings. The van der Waals surface area contributed by atoms with Crippen molar-refractivity contribution in [3.8, 4) is 0 Å². The summed E-state index contributed by atoms with van der Waals surface area (Å²) in [5.41, 5.74) is 0.784. The van der Waals surface area contributed by atoms with Crippen LogP contribution in [-0.4, -0.2) is 30.4 Å². The number of amides is 1. The number of nitrogens with zero attached hydrogens (tertiary/aromatic N) is 1. The summed E-state index contributed by atoms with van der Waals surface area (Å²) < 4.78 is 13.9. The second-order valence-corrected chi connectivity index (χ2v) is 5.72. The average molecular weight is 292 g/mol. The van der Waals surface area contributed by atoms with E-state index < -0.39 is 0 Å². The molecule has 3 nitrogen and oxygen atoms in total. The zero-order valence-corrected chi connectivity index (χ0v) is 13.0. The van der Waals surface area contributed by atoms with Crippen LogP contribution in [0.2, 0.25) is 0 Å². The number of carbonyl (C=O) groups is 1. The van der Waals surface area contributed by atoms with Gasteiger partial charge in [0.2, 0.25) is 0 Å². The van der Waals surface area contributed by atoms with E-state index in [0.29, 0.717) is 17.8 Å². The molecule has 0 spiro atoms. The summed E-state index contributed by atoms with van der Waals surface area (Å²) in [7, 11) is 0. The summed E-state index contributed by atoms with van der Waals surface area (Å²) in [6.07, 6.45) is 4.56. The van der Waals surface area contributed by atoms with Crippen LogP contribution in [0, 0.1) is 11.7 Å². The molecule has 0 aromatic heterocycles. The van der Waals surface area contributed by atoms with E-state index in [1.165, 1.54) is 18.9 Å². The normalized spacial score (nSPS) is 16.0. The topological polar surface area (TPSA) is 32.3 Å². The Balaban J connectivity index is 2.09. The van der Waals surface area contributed by atoms with Crippen LogP contribution < -0.4 is 5.32 Å². The Bertz CT molecular complexity index is 482. The minimum atomic E-state index is -0.358. The van der Waals surface area contributed by atoms with Crippen molar-refractivity contribution in [1.29, 1.82) is 0 Å². The SMILES string of the molecule is CCCC1CCN(C(=O)c2cccc(F)c2NCC)CC1. The molecule has 0 unspecified atom stereocenters. The number of para-hydroxylation sites is 1. The summed E-state index contributed by atoms with van der Waals surface area (Å²) in [5, 5.41) is 2.97. The molecule has 1 aliphatic heterocycles. The number of piperidine rings is 1. The van der Waals surface area contributed by atoms with Crippen LogP contribution >= 0.6 is 0 Å². The van der Waals surface area contributed by atoms with Gasteiger partial charge in [-0.3, -0.25) is 4.79 Å². The van der Waals surface area contributed by atoms with E-state index in [2.05, 4.69) is 12.2 Å². The predicted molar refractivity (Wildman–Crippen MR) is 84.1 cm³/mol. The van der Waals surface area contributed by atoms with Gasteiger partial charge >= 0.3 is 0 Å². The summed E-state index contributed by atoms with van der Waals surface area (Å²) in [6, 6.07) is 4.71. The van der Waals surface area contributed by atoms with E-state index in [4.69, 9.17) is 0 Å². The molecule has 0 aliphatic carbocycles. The van der Waals surface area contributed by atoms with Gasteiger partial charge < -0.3 is 10.2 Å². The third kappa shape index (κ3) is 3.74. The summed E-state index contributed by atoms with van der Waals surface area (Å²) in [6.45, 7) is 6.26. The average Bonchev–Trinajstić information content (AvgIpc) is 2.50. The standard InChI is InChI=1S/C17H25FN2O/c1-3-6-13-9-11-20(12-10-13)17(21)14-7-5-8-15(18)16(14)19-4-2/h5,7-8,13,19H,3-4,6,9-12H2,1-2H3. The lowest BCUT2D eigenvalue weighted by atomic mass is 9.92. The second-order valence-electron chi connectivity index (χ2n) is 5.72. The lowest BCUT2D eigenvalue weighted by Gasteiger charge is -2.32. The van der Waals surface area contributed by atoms with Gasteiger partial charge in [0, 0.05) is 19.6 Å². The van der Waals surface area contributed by atoms with E-state index in [1.807, 2.05) is 11.8 Å². The molecular weight excluding hydrogens is 267 g/mol. The van der Waals surface area contributed by atoms with Gasteiger partial charge in [0.1, 0.15) is 5.82 Å². The van der Waals surface area contributed by atoms with Gasteiger partial charge in [-0.1, -0.05) is 25.8 Å². The van der Waals surface area contributed by atoms with E-state index in [-0.39, 0.29) is 11.7 Å². The highest BCUT2D eigenvalue weighted by Gasteiger charge is 2.25. The van der Waals surface area contributed by atoms with Crippen molar-refractivity contribution in [2.75, 3.05) is 25.0 Å². The smallest absolute Gasteiger partial charge is 0.256 e. The Morgan fingerprint density at radius 3 is 2.67 bits per heavy atom. The molecule has 116 valence electrons. The van der Waals surface area contributed by atoms with Gasteiger partial charge in [0.05, 0.1) is 11.3 Å². The van der Waals surface area contributed by atoms with Crippen LogP contribution in [0.4, 0.5) is 10.1 Å². The quantitative estimate of drug-likeness (QED) is 0.892. The van der Waals surface area contributed by atoms with Crippen molar-refractivity contribution in [3.05, 3.63) is 29.6 Å². The highest BCUT2D eigenvalue weighted by molar-refractivity contribution is 5.99. The molecular formula is C17H25FN2O. The fourth-order valence-corrected chi connectivity index (χ4v) is 3.06. The molecule has 1 aromatic carbocycles. The van der Waals surface area contributed by atoms with Crippen LogP contribution in [0.15, 0.2) is 18.2 Å². The molecule has 0 atom stereocenters. The Morgan fingerprint density at radius 2 is 2.05 bits per heavy atom. The lowest BCUT2D eigenvalue weighted by molar-refractivity contribution is 0.0687. The molecule has 1 aliphatic rings. The van der Waals surface area contributed by atoms with Crippen LogP contribution in [0.1, 0.15) is 49.9 Å². The maximum atomic E-state index is 13.9. The summed E-state index contributed by atoms with van der Waals surface area (Å²) in [4.78, 5) is 14.5. The Morgan fingerprint density at radius 1 is 1.33 bits per heavy atom. The van der Waals surface area contributed by atoms with Crippen molar-refractivity contribution >= 4 is 11.6 Å². The van der Waals surface area contributed by atoms with Crippen LogP contribution in [0.3, 0.4) is 0 Å². The van der Waals surface area contributed by atoms with Gasteiger partial charge in [0.25, 0.3) is 5.91 Å². The molecule has 4 heteroatoms. The second kappa shape index (κ2) is 7.43. The van der Waals surface area contributed by atoms with Crippen molar-refractivity contribution in [2.45, 2.75) is 39.5 Å². The minimum Gasteiger partial charge on any atom is -0.382 e. The van der Waals surface area contributed by atoms with E-state index in [9.17, 15) is 9.18 Å². The number of likely N-dealkylation sites (tertiary alicyclic amines) is 1. The lowest BCUT2D eigenvalue weighted by Crippen LogP contribution is -2.38. The first kappa shape index (κ1) is 15.8. The molecule has 0 saturated carbocycles. The maximum Gasteiger partial charge on any atom is 0.256 e. The highest BCUT2D eigenvalue weighted by atomic mass is 19.1. The number of nitrogens with one attached hydrogen (secondary N) is 1. The fraction of sp³-hybridized carbons (Fsp3) is 0.588. The van der Waals surface area contributed by atoms with E-state index in [1.54, 1.807) is 12.1 Å². The first-order valence-corrected chi connectivity index (χ1v) is 7.99. The van der Waals surface area contributed by atoms with Crippen LogP contribution in [0.25, 0.3) is 0 Å². The molecule has 1 saturated heterocycles. The maximum absolute atomic E-state index is 13.9. The van der Waals surface area contributed by atoms with Gasteiger partial charge in [-0.15, -0.1) is 0 Å². The molecule has 0 bridgehead atoms. The Labute approximate surface area is 126 Å². The van der Waals surface area contributed by atoms with Crippen molar-refractivity contribution in [2.24, 2.45) is 5.92 Å². The zero-order chi connectivity index (χ0) is 15.2. The molecule has 1 fully saturated rings. The summed E-state index contributed by atoms with van der Waals surface area (Å²) in [5.74, 6) is 0.323. The number of halogens is 1. The number of rotatable bonds is 5. The number of hydrogen-bond donors (Lipinski definition) is 1. The van der Waals surface area contributed by atoms with Gasteiger partial charge in [-0.2, -0.15) is 0 Å². The third-order valence-corrected chi connectivity index (χ3v) is 4.20. The number of hydrogen-bond acceptors (Lipinski definition) is 2. The van der Waals surface area contributed by atoms with Crippen molar-refractivity contribution < 1.29 is 9.18 Å². The van der Waals surface area contributed by atoms with Gasteiger partial charge in [0.15, 0.2) is 0 Å². The first-order chi connectivity index (χ1) is 10.2. The first-order valence-electron chi connectivity index (χ1n) is 7.99. The zero-order valence-electron chi connectivity index (χ0n) is 13.0. The molecule has 2 rings (SSSR count). The van der Waals surface area contributed by atoms with E-state index >= 15 is 0 Å².